The summed E-state index contributed by atoms with van der Waals surface area (Å²) in [5, 5.41) is 10.9. The van der Waals surface area contributed by atoms with Gasteiger partial charge < -0.3 is 5.32 Å². The molecule has 0 radical (unpaired) electrons. The van der Waals surface area contributed by atoms with Crippen LogP contribution in [0.2, 0.25) is 0 Å². The monoisotopic (exact) mass is 399 g/mol. The van der Waals surface area contributed by atoms with Crippen LogP contribution >= 0.6 is 0 Å². The number of benzene rings is 1. The Morgan fingerprint density at radius 3 is 2.57 bits per heavy atom. The minimum atomic E-state index is -3.71. The van der Waals surface area contributed by atoms with Crippen molar-refractivity contribution in [3.8, 4) is 0 Å². The van der Waals surface area contributed by atoms with E-state index in [2.05, 4.69) is 15.5 Å². The smallest absolute Gasteiger partial charge is 0.253 e. The first-order chi connectivity index (χ1) is 13.6. The van der Waals surface area contributed by atoms with Crippen molar-refractivity contribution in [2.45, 2.75) is 30.7 Å². The molecule has 0 aliphatic carbocycles. The number of hydrogen-bond donors (Lipinski definition) is 1. The molecule has 0 saturated carbocycles. The Morgan fingerprint density at radius 1 is 1.00 bits per heavy atom. The van der Waals surface area contributed by atoms with E-state index < -0.39 is 15.9 Å². The molecule has 4 rings (SSSR count). The fraction of sp³-hybridized carbons (Fsp3) is 0.316. The molecule has 2 aromatic heterocycles. The van der Waals surface area contributed by atoms with Gasteiger partial charge in [-0.05, 0) is 37.1 Å². The van der Waals surface area contributed by atoms with Crippen molar-refractivity contribution in [3.05, 3.63) is 60.0 Å². The summed E-state index contributed by atoms with van der Waals surface area (Å²) in [6.07, 6.45) is 4.52. The Balaban J connectivity index is 1.56. The molecule has 1 aliphatic rings. The minimum absolute atomic E-state index is 0.0421. The lowest BCUT2D eigenvalue weighted by molar-refractivity contribution is 0.0946. The number of nitrogens with one attached hydrogen (secondary N) is 1. The van der Waals surface area contributed by atoms with Crippen molar-refractivity contribution in [2.24, 2.45) is 0 Å². The molecule has 1 saturated heterocycles. The van der Waals surface area contributed by atoms with Crippen LogP contribution in [-0.2, 0) is 16.6 Å². The lowest BCUT2D eigenvalue weighted by Gasteiger charge is -2.26. The highest BCUT2D eigenvalue weighted by atomic mass is 32.2. The summed E-state index contributed by atoms with van der Waals surface area (Å²) < 4.78 is 29.3. The first-order valence-electron chi connectivity index (χ1n) is 9.23. The van der Waals surface area contributed by atoms with E-state index in [4.69, 9.17) is 0 Å². The number of sulfonamides is 1. The second-order valence-electron chi connectivity index (χ2n) is 6.69. The standard InChI is InChI=1S/C19H21N5O3S/c25-19(20-14-18-22-21-17-10-4-7-13-24(17)18)15-8-2-3-9-16(15)28(26,27)23-11-5-1-6-12-23/h2-4,7-10,13H,1,5-6,11-12,14H2,(H,20,25). The summed E-state index contributed by atoms with van der Waals surface area (Å²) in [6.45, 7) is 1.12. The number of fused-ring (bicyclic) bond motifs is 1. The maximum absolute atomic E-state index is 13.0. The molecule has 0 spiro atoms. The molecular weight excluding hydrogens is 378 g/mol. The van der Waals surface area contributed by atoms with Gasteiger partial charge in [0.1, 0.15) is 0 Å². The summed E-state index contributed by atoms with van der Waals surface area (Å²) in [6, 6.07) is 11.9. The van der Waals surface area contributed by atoms with E-state index in [1.807, 2.05) is 24.4 Å². The second-order valence-corrected chi connectivity index (χ2v) is 8.60. The van der Waals surface area contributed by atoms with Gasteiger partial charge in [0.05, 0.1) is 17.0 Å². The zero-order valence-corrected chi connectivity index (χ0v) is 16.1. The lowest BCUT2D eigenvalue weighted by Crippen LogP contribution is -2.37. The van der Waals surface area contributed by atoms with Gasteiger partial charge in [-0.1, -0.05) is 24.6 Å². The van der Waals surface area contributed by atoms with Crippen molar-refractivity contribution in [3.63, 3.8) is 0 Å². The Labute approximate surface area is 163 Å². The highest BCUT2D eigenvalue weighted by Crippen LogP contribution is 2.23. The number of hydrogen-bond acceptors (Lipinski definition) is 5. The van der Waals surface area contributed by atoms with Gasteiger partial charge in [-0.25, -0.2) is 8.42 Å². The zero-order chi connectivity index (χ0) is 19.6. The predicted octanol–water partition coefficient (Wildman–Crippen LogP) is 1.83. The van der Waals surface area contributed by atoms with Crippen molar-refractivity contribution in [1.82, 2.24) is 24.2 Å². The van der Waals surface area contributed by atoms with Crippen LogP contribution in [0.4, 0.5) is 0 Å². The first kappa shape index (κ1) is 18.6. The second kappa shape index (κ2) is 7.69. The first-order valence-corrected chi connectivity index (χ1v) is 10.7. The lowest BCUT2D eigenvalue weighted by atomic mass is 10.2. The Kier molecular flexibility index (Phi) is 5.10. The molecule has 3 heterocycles. The normalized spacial score (nSPS) is 15.6. The number of carbonyl (C=O) groups is 1. The number of carbonyl (C=O) groups excluding carboxylic acids is 1. The Morgan fingerprint density at radius 2 is 1.75 bits per heavy atom. The van der Waals surface area contributed by atoms with Crippen LogP contribution in [0.5, 0.6) is 0 Å². The predicted molar refractivity (Wildman–Crippen MR) is 103 cm³/mol. The zero-order valence-electron chi connectivity index (χ0n) is 15.3. The van der Waals surface area contributed by atoms with E-state index in [-0.39, 0.29) is 17.0 Å². The quantitative estimate of drug-likeness (QED) is 0.706. The summed E-state index contributed by atoms with van der Waals surface area (Å²) in [5.41, 5.74) is 0.821. The fourth-order valence-corrected chi connectivity index (χ4v) is 5.10. The van der Waals surface area contributed by atoms with Gasteiger partial charge in [0, 0.05) is 19.3 Å². The third-order valence-electron chi connectivity index (χ3n) is 4.86. The number of piperidine rings is 1. The SMILES string of the molecule is O=C(NCc1nnc2ccccn12)c1ccccc1S(=O)(=O)N1CCCCC1. The molecule has 3 aromatic rings. The van der Waals surface area contributed by atoms with E-state index in [0.29, 0.717) is 24.6 Å². The van der Waals surface area contributed by atoms with Crippen LogP contribution in [0.25, 0.3) is 5.65 Å². The largest absolute Gasteiger partial charge is 0.345 e. The molecule has 1 aromatic carbocycles. The minimum Gasteiger partial charge on any atom is -0.345 e. The molecule has 9 heteroatoms. The van der Waals surface area contributed by atoms with Gasteiger partial charge in [-0.3, -0.25) is 9.20 Å². The Bertz CT molecular complexity index is 1100. The van der Waals surface area contributed by atoms with Gasteiger partial charge in [0.25, 0.3) is 5.91 Å². The van der Waals surface area contributed by atoms with Crippen LogP contribution in [0.3, 0.4) is 0 Å². The average molecular weight is 399 g/mol. The van der Waals surface area contributed by atoms with Gasteiger partial charge >= 0.3 is 0 Å². The van der Waals surface area contributed by atoms with Gasteiger partial charge in [-0.15, -0.1) is 10.2 Å². The third-order valence-corrected chi connectivity index (χ3v) is 6.81. The van der Waals surface area contributed by atoms with Crippen molar-refractivity contribution < 1.29 is 13.2 Å². The van der Waals surface area contributed by atoms with Crippen molar-refractivity contribution in [1.29, 1.82) is 0 Å². The topological polar surface area (TPSA) is 96.7 Å². The van der Waals surface area contributed by atoms with Crippen LogP contribution in [0.15, 0.2) is 53.6 Å². The molecule has 0 bridgehead atoms. The average Bonchev–Trinajstić information content (AvgIpc) is 3.16. The molecule has 28 heavy (non-hydrogen) atoms. The highest BCUT2D eigenvalue weighted by Gasteiger charge is 2.29. The highest BCUT2D eigenvalue weighted by molar-refractivity contribution is 7.89. The van der Waals surface area contributed by atoms with Crippen LogP contribution in [-0.4, -0.2) is 46.3 Å². The maximum Gasteiger partial charge on any atom is 0.253 e. The summed E-state index contributed by atoms with van der Waals surface area (Å²) >= 11 is 0. The van der Waals surface area contributed by atoms with Gasteiger partial charge in [0.2, 0.25) is 10.0 Å². The molecule has 1 N–H and O–H groups in total. The van der Waals surface area contributed by atoms with Gasteiger partial charge in [0.15, 0.2) is 11.5 Å². The maximum atomic E-state index is 13.0. The molecule has 0 atom stereocenters. The van der Waals surface area contributed by atoms with Crippen molar-refractivity contribution in [2.75, 3.05) is 13.1 Å². The van der Waals surface area contributed by atoms with E-state index in [1.165, 1.54) is 16.4 Å². The molecule has 1 amide bonds. The number of rotatable bonds is 5. The molecule has 1 fully saturated rings. The number of pyridine rings is 1. The van der Waals surface area contributed by atoms with Crippen LogP contribution < -0.4 is 5.32 Å². The third kappa shape index (κ3) is 3.50. The Hall–Kier alpha value is -2.78. The van der Waals surface area contributed by atoms with Crippen LogP contribution in [0.1, 0.15) is 35.4 Å². The summed E-state index contributed by atoms with van der Waals surface area (Å²) in [5.74, 6) is 0.115. The fourth-order valence-electron chi connectivity index (χ4n) is 3.39. The van der Waals surface area contributed by atoms with E-state index >= 15 is 0 Å². The van der Waals surface area contributed by atoms with E-state index in [0.717, 1.165) is 19.3 Å². The molecule has 0 unspecified atom stereocenters. The van der Waals surface area contributed by atoms with Crippen molar-refractivity contribution >= 4 is 21.6 Å². The molecule has 146 valence electrons. The van der Waals surface area contributed by atoms with Crippen LogP contribution in [0, 0.1) is 0 Å². The number of nitrogens with zero attached hydrogens (tertiary/aromatic N) is 4. The molecule has 1 aliphatic heterocycles. The van der Waals surface area contributed by atoms with Gasteiger partial charge in [-0.2, -0.15) is 4.31 Å². The van der Waals surface area contributed by atoms with E-state index in [1.54, 1.807) is 16.5 Å². The summed E-state index contributed by atoms with van der Waals surface area (Å²) in [7, 11) is -3.71. The molecule has 8 nitrogen and oxygen atoms in total. The van der Waals surface area contributed by atoms with E-state index in [9.17, 15) is 13.2 Å². The number of aromatic nitrogens is 3. The molecular formula is C19H21N5O3S. The number of amides is 1. The summed E-state index contributed by atoms with van der Waals surface area (Å²) in [4.78, 5) is 12.8.